The highest BCUT2D eigenvalue weighted by Gasteiger charge is 2.20. The van der Waals surface area contributed by atoms with Gasteiger partial charge in [-0.05, 0) is 106 Å². The number of para-hydroxylation sites is 1. The molecule has 0 spiro atoms. The van der Waals surface area contributed by atoms with Crippen molar-refractivity contribution in [2.75, 3.05) is 0 Å². The van der Waals surface area contributed by atoms with Crippen LogP contribution >= 0.6 is 11.3 Å². The summed E-state index contributed by atoms with van der Waals surface area (Å²) in [6.45, 7) is 0. The average Bonchev–Trinajstić information content (AvgIpc) is 3.91. The molecule has 2 nitrogen and oxygen atoms in total. The summed E-state index contributed by atoms with van der Waals surface area (Å²) in [6.07, 6.45) is 0. The van der Waals surface area contributed by atoms with Crippen molar-refractivity contribution in [2.24, 2.45) is 0 Å². The summed E-state index contributed by atoms with van der Waals surface area (Å²) in [4.78, 5) is 0. The predicted molar refractivity (Wildman–Crippen MR) is 236 cm³/mol. The van der Waals surface area contributed by atoms with Gasteiger partial charge in [0.25, 0.3) is 0 Å². The monoisotopic (exact) mass is 716 g/mol. The number of hydrogen-bond acceptors (Lipinski definition) is 1. The van der Waals surface area contributed by atoms with Gasteiger partial charge in [-0.2, -0.15) is 0 Å². The normalized spacial score (nSPS) is 12.0. The Bertz CT molecular complexity index is 3470. The van der Waals surface area contributed by atoms with Crippen LogP contribution in [0.1, 0.15) is 0 Å². The number of fused-ring (bicyclic) bond motifs is 11. The number of nitrogens with zero attached hydrogens (tertiary/aromatic N) is 2. The maximum Gasteiger partial charge on any atom is 0.0548 e. The maximum absolute atomic E-state index is 2.46. The highest BCUT2D eigenvalue weighted by atomic mass is 32.1. The molecule has 12 aromatic rings. The molecule has 12 rings (SSSR count). The number of rotatable bonds is 4. The second-order valence-corrected chi connectivity index (χ2v) is 15.6. The van der Waals surface area contributed by atoms with Gasteiger partial charge in [-0.3, -0.25) is 0 Å². The third-order valence-corrected chi connectivity index (χ3v) is 12.6. The molecule has 0 saturated carbocycles. The van der Waals surface area contributed by atoms with Crippen molar-refractivity contribution in [2.45, 2.75) is 0 Å². The SMILES string of the molecule is c1ccc(-c2ccc(-n3c4ccccc4c4cc(-c5ccc6c(c5)c5c7c(ccc5n6-c5ccc6ccccc6c5)sc5ccccc57)ccc43)cc2)cc1. The zero-order chi connectivity index (χ0) is 36.0. The fourth-order valence-electron chi connectivity index (χ4n) is 8.96. The van der Waals surface area contributed by atoms with Crippen LogP contribution in [-0.4, -0.2) is 9.13 Å². The number of hydrogen-bond donors (Lipinski definition) is 0. The van der Waals surface area contributed by atoms with Crippen molar-refractivity contribution in [3.05, 3.63) is 194 Å². The molecule has 0 aliphatic carbocycles. The zero-order valence-electron chi connectivity index (χ0n) is 29.8. The van der Waals surface area contributed by atoms with Crippen molar-refractivity contribution in [1.82, 2.24) is 9.13 Å². The quantitative estimate of drug-likeness (QED) is 0.172. The van der Waals surface area contributed by atoms with Crippen LogP contribution in [0.15, 0.2) is 194 Å². The molecular weight excluding hydrogens is 685 g/mol. The lowest BCUT2D eigenvalue weighted by Crippen LogP contribution is -1.94. The summed E-state index contributed by atoms with van der Waals surface area (Å²) in [7, 11) is 0. The van der Waals surface area contributed by atoms with Crippen LogP contribution in [-0.2, 0) is 0 Å². The Kier molecular flexibility index (Phi) is 6.54. The molecule has 9 aromatic carbocycles. The predicted octanol–water partition coefficient (Wildman–Crippen LogP) is 14.7. The molecule has 0 bridgehead atoms. The van der Waals surface area contributed by atoms with Gasteiger partial charge in [0.1, 0.15) is 0 Å². The lowest BCUT2D eigenvalue weighted by Gasteiger charge is -2.11. The molecule has 0 amide bonds. The number of benzene rings is 9. The summed E-state index contributed by atoms with van der Waals surface area (Å²) in [5.74, 6) is 0. The molecule has 3 heterocycles. The topological polar surface area (TPSA) is 9.86 Å². The summed E-state index contributed by atoms with van der Waals surface area (Å²) in [6, 6.07) is 71.4. The van der Waals surface area contributed by atoms with E-state index < -0.39 is 0 Å². The molecule has 0 N–H and O–H groups in total. The van der Waals surface area contributed by atoms with E-state index in [2.05, 4.69) is 203 Å². The number of aromatic nitrogens is 2. The molecule has 0 aliphatic heterocycles. The molecule has 0 saturated heterocycles. The van der Waals surface area contributed by atoms with E-state index in [4.69, 9.17) is 0 Å². The van der Waals surface area contributed by atoms with Crippen LogP contribution in [0.3, 0.4) is 0 Å². The Morgan fingerprint density at radius 1 is 0.291 bits per heavy atom. The van der Waals surface area contributed by atoms with E-state index in [-0.39, 0.29) is 0 Å². The molecule has 0 atom stereocenters. The molecule has 0 fully saturated rings. The molecular formula is C52H32N2S. The maximum atomic E-state index is 2.46. The third-order valence-electron chi connectivity index (χ3n) is 11.5. The Hall–Kier alpha value is -6.94. The molecule has 3 heteroatoms. The summed E-state index contributed by atoms with van der Waals surface area (Å²) < 4.78 is 7.52. The van der Waals surface area contributed by atoms with E-state index in [1.807, 2.05) is 11.3 Å². The molecule has 0 aliphatic rings. The van der Waals surface area contributed by atoms with Crippen molar-refractivity contribution in [1.29, 1.82) is 0 Å². The summed E-state index contributed by atoms with van der Waals surface area (Å²) in [5.41, 5.74) is 12.1. The van der Waals surface area contributed by atoms with Crippen molar-refractivity contribution >= 4 is 85.9 Å². The van der Waals surface area contributed by atoms with Gasteiger partial charge in [0, 0.05) is 53.1 Å². The van der Waals surface area contributed by atoms with E-state index in [9.17, 15) is 0 Å². The van der Waals surface area contributed by atoms with Gasteiger partial charge >= 0.3 is 0 Å². The first-order chi connectivity index (χ1) is 27.3. The first-order valence-corrected chi connectivity index (χ1v) is 19.7. The standard InChI is InChI=1S/C52H32N2S/c1-2-10-33(11-3-1)35-18-23-39(24-19-35)53-45-16-8-6-14-41(45)43-31-37(21-26-46(43)53)38-22-27-47-44(32-38)51-48(28-29-50-52(51)42-15-7-9-17-49(42)55-50)54(47)40-25-20-34-12-4-5-13-36(34)30-40/h1-32H. The van der Waals surface area contributed by atoms with Gasteiger partial charge in [-0.1, -0.05) is 121 Å². The minimum absolute atomic E-state index is 1.16. The highest BCUT2D eigenvalue weighted by molar-refractivity contribution is 7.26. The minimum atomic E-state index is 1.16. The van der Waals surface area contributed by atoms with Gasteiger partial charge in [0.05, 0.1) is 22.1 Å². The lowest BCUT2D eigenvalue weighted by atomic mass is 9.99. The van der Waals surface area contributed by atoms with Crippen LogP contribution in [0.2, 0.25) is 0 Å². The lowest BCUT2D eigenvalue weighted by molar-refractivity contribution is 1.18. The molecule has 55 heavy (non-hydrogen) atoms. The Morgan fingerprint density at radius 3 is 1.71 bits per heavy atom. The fraction of sp³-hybridized carbons (Fsp3) is 0. The third kappa shape index (κ3) is 4.60. The largest absolute Gasteiger partial charge is 0.309 e. The van der Waals surface area contributed by atoms with Crippen LogP contribution < -0.4 is 0 Å². The Labute approximate surface area is 321 Å². The van der Waals surface area contributed by atoms with Crippen molar-refractivity contribution in [3.63, 3.8) is 0 Å². The van der Waals surface area contributed by atoms with Crippen molar-refractivity contribution in [3.8, 4) is 33.6 Å². The first-order valence-electron chi connectivity index (χ1n) is 18.8. The van der Waals surface area contributed by atoms with Gasteiger partial charge in [0.2, 0.25) is 0 Å². The highest BCUT2D eigenvalue weighted by Crippen LogP contribution is 2.45. The van der Waals surface area contributed by atoms with Crippen LogP contribution in [0.5, 0.6) is 0 Å². The van der Waals surface area contributed by atoms with E-state index >= 15 is 0 Å². The molecule has 0 radical (unpaired) electrons. The summed E-state index contributed by atoms with van der Waals surface area (Å²) in [5, 5.41) is 10.3. The van der Waals surface area contributed by atoms with Gasteiger partial charge in [0.15, 0.2) is 0 Å². The van der Waals surface area contributed by atoms with Gasteiger partial charge in [-0.25, -0.2) is 0 Å². The van der Waals surface area contributed by atoms with Crippen molar-refractivity contribution < 1.29 is 0 Å². The fourth-order valence-corrected chi connectivity index (χ4v) is 10.1. The Morgan fingerprint density at radius 2 is 0.873 bits per heavy atom. The van der Waals surface area contributed by atoms with E-state index in [1.54, 1.807) is 0 Å². The Balaban J connectivity index is 1.07. The van der Waals surface area contributed by atoms with E-state index in [1.165, 1.54) is 102 Å². The van der Waals surface area contributed by atoms with Crippen LogP contribution in [0, 0.1) is 0 Å². The van der Waals surface area contributed by atoms with Gasteiger partial charge in [-0.15, -0.1) is 11.3 Å². The first kappa shape index (κ1) is 30.5. The van der Waals surface area contributed by atoms with Crippen LogP contribution in [0.4, 0.5) is 0 Å². The second kappa shape index (κ2) is 11.8. The van der Waals surface area contributed by atoms with Crippen LogP contribution in [0.25, 0.3) is 108 Å². The average molecular weight is 717 g/mol. The minimum Gasteiger partial charge on any atom is -0.309 e. The van der Waals surface area contributed by atoms with E-state index in [0.29, 0.717) is 0 Å². The smallest absolute Gasteiger partial charge is 0.0548 e. The molecule has 256 valence electrons. The molecule has 0 unspecified atom stereocenters. The number of thiophene rings is 1. The zero-order valence-corrected chi connectivity index (χ0v) is 30.6. The second-order valence-electron chi connectivity index (χ2n) is 14.5. The molecule has 3 aromatic heterocycles. The van der Waals surface area contributed by atoms with Gasteiger partial charge < -0.3 is 9.13 Å². The van der Waals surface area contributed by atoms with E-state index in [0.717, 1.165) is 5.69 Å². The summed E-state index contributed by atoms with van der Waals surface area (Å²) >= 11 is 1.88.